The molecule has 0 bridgehead atoms. The minimum Gasteiger partial charge on any atom is -0.493 e. The molecule has 0 spiro atoms. The Labute approximate surface area is 328 Å². The Hall–Kier alpha value is -4.63. The maximum absolute atomic E-state index is 13.3. The third-order valence-corrected chi connectivity index (χ3v) is 9.54. The van der Waals surface area contributed by atoms with E-state index < -0.39 is 0 Å². The number of benzene rings is 4. The molecule has 53 heavy (non-hydrogen) atoms. The van der Waals surface area contributed by atoms with Gasteiger partial charge in [-0.15, -0.1) is 17.0 Å². The lowest BCUT2D eigenvalue weighted by Gasteiger charge is -2.34. The molecule has 5 aromatic rings. The molecule has 1 amide bonds. The molecule has 1 fully saturated rings. The predicted molar refractivity (Wildman–Crippen MR) is 219 cm³/mol. The van der Waals surface area contributed by atoms with Crippen molar-refractivity contribution in [3.05, 3.63) is 153 Å². The van der Waals surface area contributed by atoms with E-state index >= 15 is 0 Å². The molecule has 9 heteroatoms. The van der Waals surface area contributed by atoms with E-state index in [0.29, 0.717) is 48.7 Å². The summed E-state index contributed by atoms with van der Waals surface area (Å²) in [7, 11) is 0. The van der Waals surface area contributed by atoms with Crippen molar-refractivity contribution in [2.24, 2.45) is 0 Å². The van der Waals surface area contributed by atoms with Gasteiger partial charge in [-0.25, -0.2) is 4.98 Å². The summed E-state index contributed by atoms with van der Waals surface area (Å²) in [6.45, 7) is 13.0. The summed E-state index contributed by atoms with van der Waals surface area (Å²) in [4.78, 5) is 22.0. The van der Waals surface area contributed by atoms with Gasteiger partial charge < -0.3 is 19.1 Å². The van der Waals surface area contributed by atoms with Crippen LogP contribution in [0.25, 0.3) is 5.57 Å². The van der Waals surface area contributed by atoms with Crippen molar-refractivity contribution in [2.75, 3.05) is 32.8 Å². The summed E-state index contributed by atoms with van der Waals surface area (Å²) in [5.74, 6) is 2.51. The number of allylic oxidation sites excluding steroid dienone is 1. The standard InChI is InChI=1S/C44H46ClN3O4.BrH/c1-31-5-9-37(10-6-31)30-51-40-17-18-42(46-28-40)52-44-34(4)25-38(27-41(44)45)33(3)26-43(49)48-22-20-47(21-23-48)29-36-13-11-35(12-14-36)19-24-50-39-15-7-32(2)8-16-39;/h5-18,25-28H,19-24,29-30H2,1-4H3;1H. The summed E-state index contributed by atoms with van der Waals surface area (Å²) < 4.78 is 17.8. The van der Waals surface area contributed by atoms with Crippen LogP contribution in [0, 0.1) is 20.8 Å². The molecular formula is C44H47BrClN3O4. The van der Waals surface area contributed by atoms with E-state index in [1.54, 1.807) is 18.3 Å². The summed E-state index contributed by atoms with van der Waals surface area (Å²) in [5.41, 5.74) is 8.63. The molecule has 0 N–H and O–H groups in total. The zero-order valence-electron chi connectivity index (χ0n) is 30.8. The van der Waals surface area contributed by atoms with Crippen LogP contribution in [-0.2, 0) is 24.4 Å². The van der Waals surface area contributed by atoms with Crippen molar-refractivity contribution in [3.8, 4) is 23.1 Å². The van der Waals surface area contributed by atoms with Crippen molar-refractivity contribution in [2.45, 2.75) is 47.3 Å². The monoisotopic (exact) mass is 795 g/mol. The van der Waals surface area contributed by atoms with Gasteiger partial charge in [-0.1, -0.05) is 83.4 Å². The van der Waals surface area contributed by atoms with Gasteiger partial charge in [0, 0.05) is 51.3 Å². The average Bonchev–Trinajstić information content (AvgIpc) is 3.15. The number of pyridine rings is 1. The van der Waals surface area contributed by atoms with Crippen LogP contribution in [0.2, 0.25) is 5.02 Å². The molecule has 0 atom stereocenters. The normalized spacial score (nSPS) is 13.3. The maximum Gasteiger partial charge on any atom is 0.246 e. The SMILES string of the molecule is Br.CC(=CC(=O)N1CCN(Cc2ccc(CCOc3ccc(C)cc3)cc2)CC1)c1cc(C)c(Oc2ccc(OCc3ccc(C)cc3)cn2)c(Cl)c1. The first-order valence-electron chi connectivity index (χ1n) is 17.8. The number of nitrogens with zero attached hydrogens (tertiary/aromatic N) is 3. The highest BCUT2D eigenvalue weighted by atomic mass is 79.9. The van der Waals surface area contributed by atoms with Gasteiger partial charge in [0.05, 0.1) is 17.8 Å². The zero-order chi connectivity index (χ0) is 36.5. The van der Waals surface area contributed by atoms with Gasteiger partial charge in [-0.05, 0) is 91.4 Å². The highest BCUT2D eigenvalue weighted by Crippen LogP contribution is 2.35. The lowest BCUT2D eigenvalue weighted by molar-refractivity contribution is -0.127. The van der Waals surface area contributed by atoms with Crippen LogP contribution in [0.1, 0.15) is 45.9 Å². The number of amides is 1. The number of hydrogen-bond donors (Lipinski definition) is 0. The Kier molecular flexibility index (Phi) is 14.1. The second-order valence-electron chi connectivity index (χ2n) is 13.5. The molecule has 0 aliphatic carbocycles. The molecule has 1 aromatic heterocycles. The Morgan fingerprint density at radius 3 is 2.04 bits per heavy atom. The topological polar surface area (TPSA) is 64.1 Å². The number of carbonyl (C=O) groups excluding carboxylic acids is 1. The molecule has 2 heterocycles. The van der Waals surface area contributed by atoms with Crippen LogP contribution in [-0.4, -0.2) is 53.5 Å². The van der Waals surface area contributed by atoms with Crippen molar-refractivity contribution >= 4 is 40.1 Å². The lowest BCUT2D eigenvalue weighted by Crippen LogP contribution is -2.47. The van der Waals surface area contributed by atoms with Crippen molar-refractivity contribution < 1.29 is 19.0 Å². The fourth-order valence-electron chi connectivity index (χ4n) is 6.03. The molecule has 6 rings (SSSR count). The first-order valence-corrected chi connectivity index (χ1v) is 18.2. The second-order valence-corrected chi connectivity index (χ2v) is 13.9. The Bertz CT molecular complexity index is 1950. The van der Waals surface area contributed by atoms with Crippen LogP contribution in [0.4, 0.5) is 0 Å². The molecule has 7 nitrogen and oxygen atoms in total. The summed E-state index contributed by atoms with van der Waals surface area (Å²) in [6, 6.07) is 32.6. The average molecular weight is 797 g/mol. The molecule has 4 aromatic carbocycles. The molecule has 0 radical (unpaired) electrons. The number of carbonyl (C=O) groups is 1. The van der Waals surface area contributed by atoms with Gasteiger partial charge in [-0.2, -0.15) is 0 Å². The van der Waals surface area contributed by atoms with Crippen molar-refractivity contribution in [3.63, 3.8) is 0 Å². The van der Waals surface area contributed by atoms with E-state index in [9.17, 15) is 4.79 Å². The van der Waals surface area contributed by atoms with Crippen LogP contribution < -0.4 is 14.2 Å². The molecule has 0 unspecified atom stereocenters. The number of piperazine rings is 1. The molecular weight excluding hydrogens is 750 g/mol. The third kappa shape index (κ3) is 11.4. The summed E-state index contributed by atoms with van der Waals surface area (Å²) >= 11 is 6.70. The third-order valence-electron chi connectivity index (χ3n) is 9.26. The molecule has 276 valence electrons. The van der Waals surface area contributed by atoms with E-state index in [4.69, 9.17) is 25.8 Å². The van der Waals surface area contributed by atoms with Crippen LogP contribution >= 0.6 is 28.6 Å². The fourth-order valence-corrected chi connectivity index (χ4v) is 6.34. The first kappa shape index (κ1) is 39.6. The number of rotatable bonds is 13. The molecule has 1 aliphatic rings. The van der Waals surface area contributed by atoms with E-state index in [2.05, 4.69) is 84.4 Å². The largest absolute Gasteiger partial charge is 0.493 e. The Morgan fingerprint density at radius 2 is 1.40 bits per heavy atom. The lowest BCUT2D eigenvalue weighted by atomic mass is 10.0. The van der Waals surface area contributed by atoms with Gasteiger partial charge in [-0.3, -0.25) is 9.69 Å². The molecule has 1 saturated heterocycles. The summed E-state index contributed by atoms with van der Waals surface area (Å²) in [6.07, 6.45) is 4.21. The fraction of sp³-hybridized carbons (Fsp3) is 0.273. The van der Waals surface area contributed by atoms with E-state index in [1.165, 1.54) is 22.3 Å². The maximum atomic E-state index is 13.3. The number of hydrogen-bond acceptors (Lipinski definition) is 6. The van der Waals surface area contributed by atoms with Gasteiger partial charge in [0.25, 0.3) is 0 Å². The van der Waals surface area contributed by atoms with Gasteiger partial charge in [0.15, 0.2) is 5.75 Å². The van der Waals surface area contributed by atoms with Gasteiger partial charge in [0.2, 0.25) is 11.8 Å². The second kappa shape index (κ2) is 18.9. The van der Waals surface area contributed by atoms with Crippen LogP contribution in [0.3, 0.4) is 0 Å². The van der Waals surface area contributed by atoms with Gasteiger partial charge >= 0.3 is 0 Å². The Morgan fingerprint density at radius 1 is 0.774 bits per heavy atom. The van der Waals surface area contributed by atoms with Crippen LogP contribution in [0.5, 0.6) is 23.1 Å². The first-order chi connectivity index (χ1) is 25.2. The van der Waals surface area contributed by atoms with E-state index in [1.807, 2.05) is 49.1 Å². The summed E-state index contributed by atoms with van der Waals surface area (Å²) in [5, 5.41) is 0.453. The minimum atomic E-state index is 0. The van der Waals surface area contributed by atoms with Crippen molar-refractivity contribution in [1.29, 1.82) is 0 Å². The number of aromatic nitrogens is 1. The highest BCUT2D eigenvalue weighted by molar-refractivity contribution is 8.93. The van der Waals surface area contributed by atoms with Crippen molar-refractivity contribution in [1.82, 2.24) is 14.8 Å². The quantitative estimate of drug-likeness (QED) is 0.111. The number of aryl methyl sites for hydroxylation is 3. The number of ether oxygens (including phenoxy) is 3. The van der Waals surface area contributed by atoms with E-state index in [0.717, 1.165) is 54.1 Å². The van der Waals surface area contributed by atoms with Crippen LogP contribution in [0.15, 0.2) is 109 Å². The zero-order valence-corrected chi connectivity index (χ0v) is 33.3. The van der Waals surface area contributed by atoms with Gasteiger partial charge in [0.1, 0.15) is 18.1 Å². The predicted octanol–water partition coefficient (Wildman–Crippen LogP) is 9.98. The molecule has 1 aliphatic heterocycles. The minimum absolute atomic E-state index is 0. The Balaban J connectivity index is 0.00000541. The van der Waals surface area contributed by atoms with E-state index in [-0.39, 0.29) is 22.9 Å². The smallest absolute Gasteiger partial charge is 0.246 e. The highest BCUT2D eigenvalue weighted by Gasteiger charge is 2.21. The molecule has 0 saturated carbocycles. The number of halogens is 2.